The zero-order valence-electron chi connectivity index (χ0n) is 15.2. The lowest BCUT2D eigenvalue weighted by molar-refractivity contribution is 0.384. The van der Waals surface area contributed by atoms with E-state index in [0.717, 1.165) is 16.8 Å². The molecule has 4 rings (SSSR count). The van der Waals surface area contributed by atoms with E-state index in [0.29, 0.717) is 42.2 Å². The van der Waals surface area contributed by atoms with Crippen LogP contribution in [0.1, 0.15) is 11.1 Å². The van der Waals surface area contributed by atoms with E-state index in [1.165, 1.54) is 0 Å². The van der Waals surface area contributed by atoms with Crippen LogP contribution in [-0.2, 0) is 10.0 Å². The SMILES string of the molecule is Cc1ccc(C)c(S(=O)(=O)N2CCN(c3ccc4oc(=O)[nH]c4c3)CC2)c1. The van der Waals surface area contributed by atoms with Gasteiger partial charge in [-0.05, 0) is 49.2 Å². The van der Waals surface area contributed by atoms with E-state index >= 15 is 0 Å². The Morgan fingerprint density at radius 3 is 2.48 bits per heavy atom. The highest BCUT2D eigenvalue weighted by Crippen LogP contribution is 2.25. The zero-order chi connectivity index (χ0) is 19.2. The molecule has 1 fully saturated rings. The van der Waals surface area contributed by atoms with Crippen LogP contribution in [0, 0.1) is 13.8 Å². The van der Waals surface area contributed by atoms with Crippen molar-refractivity contribution in [1.82, 2.24) is 9.29 Å². The summed E-state index contributed by atoms with van der Waals surface area (Å²) in [6.45, 7) is 5.71. The van der Waals surface area contributed by atoms with Crippen LogP contribution in [0.25, 0.3) is 11.1 Å². The topological polar surface area (TPSA) is 86.6 Å². The lowest BCUT2D eigenvalue weighted by Crippen LogP contribution is -2.48. The first kappa shape index (κ1) is 17.8. The van der Waals surface area contributed by atoms with Gasteiger partial charge in [-0.3, -0.25) is 4.98 Å². The Labute approximate surface area is 157 Å². The van der Waals surface area contributed by atoms with Crippen molar-refractivity contribution in [2.24, 2.45) is 0 Å². The van der Waals surface area contributed by atoms with Crippen LogP contribution < -0.4 is 10.7 Å². The van der Waals surface area contributed by atoms with Gasteiger partial charge >= 0.3 is 5.76 Å². The van der Waals surface area contributed by atoms with Crippen LogP contribution in [0.5, 0.6) is 0 Å². The van der Waals surface area contributed by atoms with Crippen LogP contribution >= 0.6 is 0 Å². The van der Waals surface area contributed by atoms with Crippen molar-refractivity contribution < 1.29 is 12.8 Å². The van der Waals surface area contributed by atoms with Gasteiger partial charge in [0.1, 0.15) is 0 Å². The molecule has 1 aromatic heterocycles. The van der Waals surface area contributed by atoms with Gasteiger partial charge in [-0.1, -0.05) is 12.1 Å². The molecule has 2 aromatic carbocycles. The zero-order valence-corrected chi connectivity index (χ0v) is 16.0. The Hall–Kier alpha value is -2.58. The van der Waals surface area contributed by atoms with Crippen LogP contribution in [0.4, 0.5) is 5.69 Å². The summed E-state index contributed by atoms with van der Waals surface area (Å²) in [6.07, 6.45) is 0. The smallest absolute Gasteiger partial charge is 0.408 e. The number of hydrogen-bond acceptors (Lipinski definition) is 5. The number of sulfonamides is 1. The van der Waals surface area contributed by atoms with Crippen molar-refractivity contribution in [2.75, 3.05) is 31.1 Å². The van der Waals surface area contributed by atoms with E-state index in [-0.39, 0.29) is 0 Å². The molecule has 1 aliphatic rings. The number of benzene rings is 2. The van der Waals surface area contributed by atoms with E-state index in [2.05, 4.69) is 9.88 Å². The summed E-state index contributed by atoms with van der Waals surface area (Å²) in [7, 11) is -3.51. The maximum absolute atomic E-state index is 13.0. The number of anilines is 1. The average molecular weight is 387 g/mol. The molecule has 2 heterocycles. The molecule has 0 aliphatic carbocycles. The predicted octanol–water partition coefficient (Wildman–Crippen LogP) is 2.25. The highest BCUT2D eigenvalue weighted by atomic mass is 32.2. The fourth-order valence-corrected chi connectivity index (χ4v) is 5.18. The molecule has 0 amide bonds. The minimum absolute atomic E-state index is 0.383. The van der Waals surface area contributed by atoms with Crippen molar-refractivity contribution in [1.29, 1.82) is 0 Å². The first-order chi connectivity index (χ1) is 12.8. The van der Waals surface area contributed by atoms with Gasteiger partial charge in [0.05, 0.1) is 10.4 Å². The first-order valence-electron chi connectivity index (χ1n) is 8.80. The largest absolute Gasteiger partial charge is 0.417 e. The standard InChI is InChI=1S/C19H21N3O4S/c1-13-3-4-14(2)18(11-13)27(24,25)22-9-7-21(8-10-22)15-5-6-17-16(12-15)20-19(23)26-17/h3-6,11-12H,7-10H2,1-2H3,(H,20,23). The molecule has 1 saturated heterocycles. The highest BCUT2D eigenvalue weighted by Gasteiger charge is 2.29. The maximum Gasteiger partial charge on any atom is 0.417 e. The molecule has 0 bridgehead atoms. The molecule has 0 unspecified atom stereocenters. The van der Waals surface area contributed by atoms with Crippen molar-refractivity contribution in [3.8, 4) is 0 Å². The highest BCUT2D eigenvalue weighted by molar-refractivity contribution is 7.89. The van der Waals surface area contributed by atoms with Gasteiger partial charge in [0.25, 0.3) is 0 Å². The number of nitrogens with zero attached hydrogens (tertiary/aromatic N) is 2. The van der Waals surface area contributed by atoms with Crippen LogP contribution in [0.2, 0.25) is 0 Å². The molecule has 0 saturated carbocycles. The third-order valence-electron chi connectivity index (χ3n) is 4.97. The maximum atomic E-state index is 13.0. The number of aromatic amines is 1. The third-order valence-corrected chi connectivity index (χ3v) is 7.01. The molecule has 1 N–H and O–H groups in total. The van der Waals surface area contributed by atoms with E-state index in [4.69, 9.17) is 4.42 Å². The first-order valence-corrected chi connectivity index (χ1v) is 10.2. The lowest BCUT2D eigenvalue weighted by Gasteiger charge is -2.35. The van der Waals surface area contributed by atoms with Gasteiger partial charge < -0.3 is 9.32 Å². The van der Waals surface area contributed by atoms with Crippen LogP contribution in [0.15, 0.2) is 50.5 Å². The Kier molecular flexibility index (Phi) is 4.32. The molecule has 0 atom stereocenters. The molecule has 3 aromatic rings. The van der Waals surface area contributed by atoms with Gasteiger partial charge in [0.2, 0.25) is 10.0 Å². The monoisotopic (exact) mass is 387 g/mol. The number of aryl methyl sites for hydroxylation is 2. The molecule has 7 nitrogen and oxygen atoms in total. The summed E-state index contributed by atoms with van der Waals surface area (Å²) in [5, 5.41) is 0. The quantitative estimate of drug-likeness (QED) is 0.745. The second-order valence-electron chi connectivity index (χ2n) is 6.86. The predicted molar refractivity (Wildman–Crippen MR) is 104 cm³/mol. The number of H-pyrrole nitrogens is 1. The summed E-state index contributed by atoms with van der Waals surface area (Å²) in [6, 6.07) is 11.0. The fourth-order valence-electron chi connectivity index (χ4n) is 3.45. The van der Waals surface area contributed by atoms with E-state index < -0.39 is 15.8 Å². The third kappa shape index (κ3) is 3.26. The molecule has 0 radical (unpaired) electrons. The fraction of sp³-hybridized carbons (Fsp3) is 0.316. The second kappa shape index (κ2) is 6.54. The van der Waals surface area contributed by atoms with E-state index in [9.17, 15) is 13.2 Å². The Bertz CT molecular complexity index is 1160. The summed E-state index contributed by atoms with van der Waals surface area (Å²) in [5.74, 6) is -0.480. The molecular weight excluding hydrogens is 366 g/mol. The van der Waals surface area contributed by atoms with E-state index in [1.807, 2.05) is 38.1 Å². The number of fused-ring (bicyclic) bond motifs is 1. The van der Waals surface area contributed by atoms with E-state index in [1.54, 1.807) is 16.4 Å². The molecule has 8 heteroatoms. The molecule has 0 spiro atoms. The van der Waals surface area contributed by atoms with Crippen LogP contribution in [0.3, 0.4) is 0 Å². The number of piperazine rings is 1. The van der Waals surface area contributed by atoms with Crippen molar-refractivity contribution in [3.63, 3.8) is 0 Å². The van der Waals surface area contributed by atoms with Crippen molar-refractivity contribution in [2.45, 2.75) is 18.7 Å². The van der Waals surface area contributed by atoms with Gasteiger partial charge in [0.15, 0.2) is 5.58 Å². The Morgan fingerprint density at radius 2 is 1.74 bits per heavy atom. The molecule has 142 valence electrons. The second-order valence-corrected chi connectivity index (χ2v) is 8.76. The Balaban J connectivity index is 1.54. The molecule has 1 aliphatic heterocycles. The number of oxazole rings is 1. The lowest BCUT2D eigenvalue weighted by atomic mass is 10.2. The summed E-state index contributed by atoms with van der Waals surface area (Å²) in [4.78, 5) is 16.4. The minimum atomic E-state index is -3.51. The number of aromatic nitrogens is 1. The van der Waals surface area contributed by atoms with Gasteiger partial charge in [-0.2, -0.15) is 4.31 Å². The average Bonchev–Trinajstić information content (AvgIpc) is 3.03. The summed E-state index contributed by atoms with van der Waals surface area (Å²) >= 11 is 0. The minimum Gasteiger partial charge on any atom is -0.408 e. The van der Waals surface area contributed by atoms with Gasteiger partial charge in [-0.15, -0.1) is 0 Å². The summed E-state index contributed by atoms with van der Waals surface area (Å²) in [5.41, 5.74) is 3.78. The summed E-state index contributed by atoms with van der Waals surface area (Å²) < 4.78 is 32.6. The molecule has 27 heavy (non-hydrogen) atoms. The normalized spacial score (nSPS) is 16.1. The number of nitrogens with one attached hydrogen (secondary N) is 1. The van der Waals surface area contributed by atoms with Crippen LogP contribution in [-0.4, -0.2) is 43.9 Å². The number of hydrogen-bond donors (Lipinski definition) is 1. The van der Waals surface area contributed by atoms with Gasteiger partial charge in [0, 0.05) is 31.9 Å². The Morgan fingerprint density at radius 1 is 1.00 bits per heavy atom. The van der Waals surface area contributed by atoms with Crippen molar-refractivity contribution >= 4 is 26.8 Å². The molecular formula is C19H21N3O4S. The number of rotatable bonds is 3. The van der Waals surface area contributed by atoms with Gasteiger partial charge in [-0.25, -0.2) is 13.2 Å². The van der Waals surface area contributed by atoms with Crippen molar-refractivity contribution in [3.05, 3.63) is 58.1 Å².